The van der Waals surface area contributed by atoms with Crippen molar-refractivity contribution in [2.24, 2.45) is 5.11 Å². The lowest BCUT2D eigenvalue weighted by Crippen LogP contribution is -2.31. The van der Waals surface area contributed by atoms with Gasteiger partial charge in [0.15, 0.2) is 0 Å². The molecule has 1 saturated heterocycles. The molecule has 2 heterocycles. The molecule has 9 nitrogen and oxygen atoms in total. The standard InChI is InChI=1S/C10H10N6O3/c1-12-5-7-6(14-15-11)4-9(19-7)16-3-2-8(17)13-10(16)18/h2-3,6-7,9H,4-5H2,(H,13,17,18)/t6?,7-,9-/m1/s1. The summed E-state index contributed by atoms with van der Waals surface area (Å²) in [6, 6.07) is 0.707. The summed E-state index contributed by atoms with van der Waals surface area (Å²) in [5.74, 6) is 0. The number of aromatic nitrogens is 2. The second-order valence-corrected chi connectivity index (χ2v) is 4.00. The van der Waals surface area contributed by atoms with Gasteiger partial charge in [0.25, 0.3) is 5.56 Å². The SMILES string of the molecule is [C-]#[N+]C[C@H]1O[C@@H](n2ccc(=O)[nH]c2=O)CC1N=[N+]=[N-]. The second kappa shape index (κ2) is 5.39. The van der Waals surface area contributed by atoms with Crippen LogP contribution in [0.3, 0.4) is 0 Å². The van der Waals surface area contributed by atoms with Crippen LogP contribution in [0.1, 0.15) is 12.6 Å². The summed E-state index contributed by atoms with van der Waals surface area (Å²) in [7, 11) is 0. The van der Waals surface area contributed by atoms with Crippen molar-refractivity contribution in [1.82, 2.24) is 9.55 Å². The van der Waals surface area contributed by atoms with Crippen LogP contribution in [-0.2, 0) is 4.74 Å². The predicted molar refractivity (Wildman–Crippen MR) is 64.3 cm³/mol. The molecule has 19 heavy (non-hydrogen) atoms. The molecule has 9 heteroatoms. The van der Waals surface area contributed by atoms with E-state index in [1.807, 2.05) is 0 Å². The van der Waals surface area contributed by atoms with Crippen LogP contribution in [0.15, 0.2) is 27.0 Å². The third-order valence-electron chi connectivity index (χ3n) is 2.84. The Labute approximate surface area is 106 Å². The molecule has 1 unspecified atom stereocenters. The van der Waals surface area contributed by atoms with Gasteiger partial charge in [-0.15, -0.1) is 0 Å². The van der Waals surface area contributed by atoms with Crippen LogP contribution in [0, 0.1) is 6.57 Å². The molecule has 1 aromatic heterocycles. The lowest BCUT2D eigenvalue weighted by Gasteiger charge is -2.12. The Hall–Kier alpha value is -2.56. The Balaban J connectivity index is 2.28. The van der Waals surface area contributed by atoms with Crippen molar-refractivity contribution in [3.63, 3.8) is 0 Å². The Morgan fingerprint density at radius 2 is 2.42 bits per heavy atom. The fourth-order valence-corrected chi connectivity index (χ4v) is 1.98. The predicted octanol–water partition coefficient (Wildman–Crippen LogP) is 0.422. The van der Waals surface area contributed by atoms with Crippen molar-refractivity contribution in [1.29, 1.82) is 0 Å². The van der Waals surface area contributed by atoms with E-state index in [4.69, 9.17) is 16.8 Å². The Morgan fingerprint density at radius 3 is 3.05 bits per heavy atom. The zero-order valence-corrected chi connectivity index (χ0v) is 9.76. The normalized spacial score (nSPS) is 25.5. The van der Waals surface area contributed by atoms with Crippen LogP contribution in [0.2, 0.25) is 0 Å². The maximum Gasteiger partial charge on any atom is 0.330 e. The van der Waals surface area contributed by atoms with Gasteiger partial charge in [-0.25, -0.2) is 11.4 Å². The lowest BCUT2D eigenvalue weighted by molar-refractivity contribution is 0.00487. The van der Waals surface area contributed by atoms with E-state index in [1.54, 1.807) is 0 Å². The number of nitrogens with zero attached hydrogens (tertiary/aromatic N) is 5. The number of ether oxygens (including phenoxy) is 1. The van der Waals surface area contributed by atoms with Gasteiger partial charge in [0.05, 0.1) is 6.04 Å². The Bertz CT molecular complexity index is 665. The van der Waals surface area contributed by atoms with Crippen molar-refractivity contribution >= 4 is 0 Å². The van der Waals surface area contributed by atoms with Crippen LogP contribution in [0.4, 0.5) is 0 Å². The Morgan fingerprint density at radius 1 is 1.63 bits per heavy atom. The smallest absolute Gasteiger partial charge is 0.330 e. The molecule has 1 fully saturated rings. The molecule has 0 spiro atoms. The number of aromatic amines is 1. The van der Waals surface area contributed by atoms with E-state index in [9.17, 15) is 9.59 Å². The van der Waals surface area contributed by atoms with E-state index < -0.39 is 29.6 Å². The Kier molecular flexibility index (Phi) is 3.66. The van der Waals surface area contributed by atoms with Crippen molar-refractivity contribution in [2.75, 3.05) is 6.54 Å². The van der Waals surface area contributed by atoms with Crippen LogP contribution < -0.4 is 11.2 Å². The molecule has 0 aromatic carbocycles. The number of rotatable bonds is 3. The summed E-state index contributed by atoms with van der Waals surface area (Å²) in [5.41, 5.74) is 7.38. The fourth-order valence-electron chi connectivity index (χ4n) is 1.98. The molecule has 1 aliphatic rings. The topological polar surface area (TPSA) is 117 Å². The van der Waals surface area contributed by atoms with Gasteiger partial charge in [0.1, 0.15) is 12.3 Å². The van der Waals surface area contributed by atoms with Crippen molar-refractivity contribution in [3.05, 3.63) is 55.0 Å². The van der Waals surface area contributed by atoms with Gasteiger partial charge in [0, 0.05) is 23.6 Å². The fraction of sp³-hybridized carbons (Fsp3) is 0.500. The maximum absolute atomic E-state index is 11.6. The highest BCUT2D eigenvalue weighted by molar-refractivity contribution is 4.93. The monoisotopic (exact) mass is 262 g/mol. The zero-order valence-electron chi connectivity index (χ0n) is 9.76. The summed E-state index contributed by atoms with van der Waals surface area (Å²) in [5, 5.41) is 3.57. The molecular weight excluding hydrogens is 252 g/mol. The highest BCUT2D eigenvalue weighted by Gasteiger charge is 2.37. The molecule has 0 radical (unpaired) electrons. The number of nitrogens with one attached hydrogen (secondary N) is 1. The van der Waals surface area contributed by atoms with Crippen LogP contribution >= 0.6 is 0 Å². The summed E-state index contributed by atoms with van der Waals surface area (Å²) >= 11 is 0. The molecule has 0 aliphatic carbocycles. The quantitative estimate of drug-likeness (QED) is 0.368. The first kappa shape index (κ1) is 12.9. The minimum atomic E-state index is -0.647. The second-order valence-electron chi connectivity index (χ2n) is 4.00. The zero-order chi connectivity index (χ0) is 13.8. The summed E-state index contributed by atoms with van der Waals surface area (Å²) < 4.78 is 6.75. The van der Waals surface area contributed by atoms with E-state index in [2.05, 4.69) is 19.9 Å². The van der Waals surface area contributed by atoms with E-state index in [-0.39, 0.29) is 13.0 Å². The summed E-state index contributed by atoms with van der Waals surface area (Å²) in [6.07, 6.45) is 0.416. The molecule has 0 bridgehead atoms. The van der Waals surface area contributed by atoms with Gasteiger partial charge < -0.3 is 9.58 Å². The van der Waals surface area contributed by atoms with Crippen LogP contribution in [-0.4, -0.2) is 28.2 Å². The van der Waals surface area contributed by atoms with Crippen LogP contribution in [0.5, 0.6) is 0 Å². The molecule has 0 saturated carbocycles. The first-order valence-corrected chi connectivity index (χ1v) is 5.50. The molecule has 2 rings (SSSR count). The largest absolute Gasteiger partial charge is 0.346 e. The molecule has 0 amide bonds. The minimum absolute atomic E-state index is 0.0539. The number of hydrogen-bond acceptors (Lipinski definition) is 4. The maximum atomic E-state index is 11.6. The third kappa shape index (κ3) is 2.65. The highest BCUT2D eigenvalue weighted by atomic mass is 16.5. The van der Waals surface area contributed by atoms with Gasteiger partial charge >= 0.3 is 5.69 Å². The van der Waals surface area contributed by atoms with E-state index in [1.165, 1.54) is 16.8 Å². The van der Waals surface area contributed by atoms with Crippen molar-refractivity contribution in [3.8, 4) is 0 Å². The molecular formula is C10H10N6O3. The first-order valence-electron chi connectivity index (χ1n) is 5.50. The van der Waals surface area contributed by atoms with Gasteiger partial charge in [-0.2, -0.15) is 0 Å². The average molecular weight is 262 g/mol. The first-order chi connectivity index (χ1) is 9.15. The average Bonchev–Trinajstić information content (AvgIpc) is 2.73. The molecule has 98 valence electrons. The van der Waals surface area contributed by atoms with Crippen molar-refractivity contribution < 1.29 is 4.74 Å². The number of H-pyrrole nitrogens is 1. The molecule has 3 atom stereocenters. The molecule has 1 aliphatic heterocycles. The van der Waals surface area contributed by atoms with Gasteiger partial charge in [0.2, 0.25) is 6.54 Å². The molecule has 1 N–H and O–H groups in total. The van der Waals surface area contributed by atoms with Gasteiger partial charge in [-0.1, -0.05) is 5.11 Å². The number of azide groups is 1. The summed E-state index contributed by atoms with van der Waals surface area (Å²) in [4.78, 5) is 30.6. The van der Waals surface area contributed by atoms with E-state index >= 15 is 0 Å². The van der Waals surface area contributed by atoms with E-state index in [0.717, 1.165) is 0 Å². The lowest BCUT2D eigenvalue weighted by atomic mass is 10.1. The van der Waals surface area contributed by atoms with E-state index in [0.29, 0.717) is 0 Å². The highest BCUT2D eigenvalue weighted by Crippen LogP contribution is 2.30. The minimum Gasteiger partial charge on any atom is -0.346 e. The van der Waals surface area contributed by atoms with Gasteiger partial charge in [-0.3, -0.25) is 14.3 Å². The summed E-state index contributed by atoms with van der Waals surface area (Å²) in [6.45, 7) is 6.88. The molecule has 1 aromatic rings. The number of hydrogen-bond donors (Lipinski definition) is 1. The van der Waals surface area contributed by atoms with Crippen molar-refractivity contribution in [2.45, 2.75) is 24.8 Å². The van der Waals surface area contributed by atoms with Crippen LogP contribution in [0.25, 0.3) is 15.3 Å². The van der Waals surface area contributed by atoms with Gasteiger partial charge in [-0.05, 0) is 5.53 Å². The third-order valence-corrected chi connectivity index (χ3v) is 2.84.